The Morgan fingerprint density at radius 2 is 2.25 bits per heavy atom. The summed E-state index contributed by atoms with van der Waals surface area (Å²) in [5.74, 6) is 0.489. The summed E-state index contributed by atoms with van der Waals surface area (Å²) in [5, 5.41) is 14.5. The number of aliphatic hydroxyl groups excluding tert-OH is 1. The van der Waals surface area contributed by atoms with Crippen LogP contribution in [-0.4, -0.2) is 22.2 Å². The zero-order chi connectivity index (χ0) is 14.1. The van der Waals surface area contributed by atoms with Crippen LogP contribution in [-0.2, 0) is 6.54 Å². The number of hydrogen-bond acceptors (Lipinski definition) is 4. The summed E-state index contributed by atoms with van der Waals surface area (Å²) in [6.07, 6.45) is 2.96. The maximum absolute atomic E-state index is 9.83. The highest BCUT2D eigenvalue weighted by Gasteiger charge is 2.24. The second-order valence-corrected chi connectivity index (χ2v) is 7.06. The fourth-order valence-electron chi connectivity index (χ4n) is 2.78. The van der Waals surface area contributed by atoms with Gasteiger partial charge in [0.1, 0.15) is 0 Å². The largest absolute Gasteiger partial charge is 0.392 e. The lowest BCUT2D eigenvalue weighted by Gasteiger charge is -2.16. The molecule has 2 N–H and O–H groups in total. The molecular weight excluding hydrogens is 268 g/mol. The average Bonchev–Trinajstić information content (AvgIpc) is 3.01. The molecule has 1 aromatic heterocycles. The van der Waals surface area contributed by atoms with E-state index in [2.05, 4.69) is 37.4 Å². The van der Waals surface area contributed by atoms with Crippen molar-refractivity contribution in [2.75, 3.05) is 0 Å². The SMILES string of the molecule is CC(C)c1nc2cc(CN[C@@H]3CCC[C@H]3O)ccc2s1. The van der Waals surface area contributed by atoms with Crippen LogP contribution in [0.25, 0.3) is 10.2 Å². The molecule has 0 saturated heterocycles. The lowest BCUT2D eigenvalue weighted by molar-refractivity contribution is 0.148. The summed E-state index contributed by atoms with van der Waals surface area (Å²) < 4.78 is 1.26. The Hall–Kier alpha value is -0.970. The molecule has 108 valence electrons. The molecule has 0 spiro atoms. The van der Waals surface area contributed by atoms with Gasteiger partial charge in [-0.2, -0.15) is 0 Å². The minimum Gasteiger partial charge on any atom is -0.392 e. The highest BCUT2D eigenvalue weighted by molar-refractivity contribution is 7.18. The number of nitrogens with one attached hydrogen (secondary N) is 1. The van der Waals surface area contributed by atoms with Crippen LogP contribution in [0.1, 0.15) is 49.6 Å². The van der Waals surface area contributed by atoms with Crippen LogP contribution in [0.3, 0.4) is 0 Å². The summed E-state index contributed by atoms with van der Waals surface area (Å²) in [6.45, 7) is 5.18. The van der Waals surface area contributed by atoms with Crippen molar-refractivity contribution in [3.63, 3.8) is 0 Å². The first-order valence-corrected chi connectivity index (χ1v) is 8.26. The van der Waals surface area contributed by atoms with E-state index >= 15 is 0 Å². The molecule has 1 heterocycles. The van der Waals surface area contributed by atoms with Crippen LogP contribution in [0.4, 0.5) is 0 Å². The number of hydrogen-bond donors (Lipinski definition) is 2. The van der Waals surface area contributed by atoms with Gasteiger partial charge in [0.2, 0.25) is 0 Å². The number of rotatable bonds is 4. The van der Waals surface area contributed by atoms with Gasteiger partial charge < -0.3 is 10.4 Å². The molecule has 0 bridgehead atoms. The van der Waals surface area contributed by atoms with Crippen LogP contribution in [0.5, 0.6) is 0 Å². The minimum atomic E-state index is -0.175. The van der Waals surface area contributed by atoms with Gasteiger partial charge in [0.05, 0.1) is 21.3 Å². The van der Waals surface area contributed by atoms with E-state index in [4.69, 9.17) is 4.98 Å². The second kappa shape index (κ2) is 5.80. The standard InChI is InChI=1S/C16H22N2OS/c1-10(2)16-18-13-8-11(6-7-15(13)20-16)9-17-12-4-3-5-14(12)19/h6-8,10,12,14,17,19H,3-5,9H2,1-2H3/t12-,14-/m1/s1. The number of fused-ring (bicyclic) bond motifs is 1. The highest BCUT2D eigenvalue weighted by Crippen LogP contribution is 2.28. The molecule has 1 aliphatic rings. The quantitative estimate of drug-likeness (QED) is 0.907. The number of thiazole rings is 1. The molecular formula is C16H22N2OS. The predicted molar refractivity (Wildman–Crippen MR) is 84.2 cm³/mol. The van der Waals surface area contributed by atoms with E-state index in [1.807, 2.05) is 0 Å². The zero-order valence-electron chi connectivity index (χ0n) is 12.1. The Kier molecular flexibility index (Phi) is 4.06. The molecule has 2 aromatic rings. The van der Waals surface area contributed by atoms with Crippen molar-refractivity contribution in [3.05, 3.63) is 28.8 Å². The van der Waals surface area contributed by atoms with Crippen molar-refractivity contribution < 1.29 is 5.11 Å². The van der Waals surface area contributed by atoms with Gasteiger partial charge in [-0.15, -0.1) is 11.3 Å². The van der Waals surface area contributed by atoms with Crippen LogP contribution in [0, 0.1) is 0 Å². The smallest absolute Gasteiger partial charge is 0.0963 e. The fraction of sp³-hybridized carbons (Fsp3) is 0.562. The van der Waals surface area contributed by atoms with Gasteiger partial charge in [-0.05, 0) is 37.0 Å². The topological polar surface area (TPSA) is 45.2 Å². The van der Waals surface area contributed by atoms with Gasteiger partial charge in [-0.1, -0.05) is 19.9 Å². The summed E-state index contributed by atoms with van der Waals surface area (Å²) in [5.41, 5.74) is 2.35. The molecule has 1 aliphatic carbocycles. The van der Waals surface area contributed by atoms with Gasteiger partial charge in [0.15, 0.2) is 0 Å². The van der Waals surface area contributed by atoms with Crippen LogP contribution in [0.2, 0.25) is 0 Å². The van der Waals surface area contributed by atoms with Gasteiger partial charge in [-0.3, -0.25) is 0 Å². The van der Waals surface area contributed by atoms with Crippen molar-refractivity contribution in [3.8, 4) is 0 Å². The molecule has 1 aromatic carbocycles. The number of nitrogens with zero attached hydrogens (tertiary/aromatic N) is 1. The molecule has 2 atom stereocenters. The number of benzene rings is 1. The zero-order valence-corrected chi connectivity index (χ0v) is 12.9. The van der Waals surface area contributed by atoms with E-state index in [0.29, 0.717) is 5.92 Å². The van der Waals surface area contributed by atoms with Gasteiger partial charge in [0, 0.05) is 18.5 Å². The summed E-state index contributed by atoms with van der Waals surface area (Å²) in [7, 11) is 0. The summed E-state index contributed by atoms with van der Waals surface area (Å²) in [4.78, 5) is 4.71. The maximum Gasteiger partial charge on any atom is 0.0963 e. The molecule has 3 nitrogen and oxygen atoms in total. The Balaban J connectivity index is 1.72. The van der Waals surface area contributed by atoms with E-state index in [-0.39, 0.29) is 12.1 Å². The van der Waals surface area contributed by atoms with E-state index in [9.17, 15) is 5.11 Å². The van der Waals surface area contributed by atoms with Crippen molar-refractivity contribution in [1.82, 2.24) is 10.3 Å². The Morgan fingerprint density at radius 3 is 2.95 bits per heavy atom. The van der Waals surface area contributed by atoms with Gasteiger partial charge in [0.25, 0.3) is 0 Å². The van der Waals surface area contributed by atoms with Gasteiger partial charge >= 0.3 is 0 Å². The molecule has 4 heteroatoms. The Morgan fingerprint density at radius 1 is 1.40 bits per heavy atom. The van der Waals surface area contributed by atoms with Crippen molar-refractivity contribution >= 4 is 21.6 Å². The van der Waals surface area contributed by atoms with E-state index in [1.165, 1.54) is 15.3 Å². The summed E-state index contributed by atoms with van der Waals surface area (Å²) in [6, 6.07) is 6.76. The molecule has 0 radical (unpaired) electrons. The predicted octanol–water partition coefficient (Wildman–Crippen LogP) is 3.42. The highest BCUT2D eigenvalue weighted by atomic mass is 32.1. The third-order valence-electron chi connectivity index (χ3n) is 4.01. The number of aliphatic hydroxyl groups is 1. The van der Waals surface area contributed by atoms with Crippen LogP contribution < -0.4 is 5.32 Å². The second-order valence-electron chi connectivity index (χ2n) is 5.99. The molecule has 0 amide bonds. The van der Waals surface area contributed by atoms with Gasteiger partial charge in [-0.25, -0.2) is 4.98 Å². The third-order valence-corrected chi connectivity index (χ3v) is 5.35. The maximum atomic E-state index is 9.83. The first-order chi connectivity index (χ1) is 9.63. The average molecular weight is 290 g/mol. The van der Waals surface area contributed by atoms with Crippen molar-refractivity contribution in [1.29, 1.82) is 0 Å². The van der Waals surface area contributed by atoms with E-state index in [1.54, 1.807) is 11.3 Å². The molecule has 1 fully saturated rings. The normalized spacial score (nSPS) is 23.0. The third kappa shape index (κ3) is 2.87. The molecule has 0 aliphatic heterocycles. The Labute approximate surface area is 124 Å². The molecule has 3 rings (SSSR count). The monoisotopic (exact) mass is 290 g/mol. The van der Waals surface area contributed by atoms with Crippen LogP contribution >= 0.6 is 11.3 Å². The first-order valence-electron chi connectivity index (χ1n) is 7.44. The molecule has 1 saturated carbocycles. The van der Waals surface area contributed by atoms with Crippen LogP contribution in [0.15, 0.2) is 18.2 Å². The Bertz CT molecular complexity index is 593. The first kappa shape index (κ1) is 14.0. The molecule has 0 unspecified atom stereocenters. The van der Waals surface area contributed by atoms with E-state index in [0.717, 1.165) is 31.3 Å². The lowest BCUT2D eigenvalue weighted by Crippen LogP contribution is -2.34. The molecule has 20 heavy (non-hydrogen) atoms. The number of aromatic nitrogens is 1. The lowest BCUT2D eigenvalue weighted by atomic mass is 10.1. The van der Waals surface area contributed by atoms with Crippen molar-refractivity contribution in [2.24, 2.45) is 0 Å². The minimum absolute atomic E-state index is 0.175. The van der Waals surface area contributed by atoms with Crippen molar-refractivity contribution in [2.45, 2.75) is 57.7 Å². The van der Waals surface area contributed by atoms with E-state index < -0.39 is 0 Å². The fourth-order valence-corrected chi connectivity index (χ4v) is 3.73. The summed E-state index contributed by atoms with van der Waals surface area (Å²) >= 11 is 1.79.